The first-order chi connectivity index (χ1) is 15.3. The molecule has 0 radical (unpaired) electrons. The summed E-state index contributed by atoms with van der Waals surface area (Å²) < 4.78 is 23.6. The van der Waals surface area contributed by atoms with Crippen molar-refractivity contribution in [3.63, 3.8) is 0 Å². The van der Waals surface area contributed by atoms with Crippen molar-refractivity contribution in [3.8, 4) is 11.5 Å². The Kier molecular flexibility index (Phi) is 5.66. The number of hydrogen-bond donors (Lipinski definition) is 1. The highest BCUT2D eigenvalue weighted by molar-refractivity contribution is 6.32. The lowest BCUT2D eigenvalue weighted by atomic mass is 10.1. The molecule has 1 N–H and O–H groups in total. The van der Waals surface area contributed by atoms with E-state index < -0.39 is 35.6 Å². The summed E-state index contributed by atoms with van der Waals surface area (Å²) in [4.78, 5) is 39.1. The fourth-order valence-electron chi connectivity index (χ4n) is 3.49. The van der Waals surface area contributed by atoms with Crippen molar-refractivity contribution in [2.45, 2.75) is 12.1 Å². The van der Waals surface area contributed by atoms with E-state index in [0.29, 0.717) is 11.5 Å². The molecule has 4 rings (SSSR count). The number of fused-ring (bicyclic) bond motifs is 1. The Balaban J connectivity index is 1.49. The maximum Gasteiger partial charge on any atom is 0.263 e. The van der Waals surface area contributed by atoms with Gasteiger partial charge in [0.15, 0.2) is 12.1 Å². The number of benzene rings is 2. The maximum absolute atomic E-state index is 13.2. The third-order valence-electron chi connectivity index (χ3n) is 5.00. The fourth-order valence-corrected chi connectivity index (χ4v) is 3.73. The number of ether oxygens (including phenoxy) is 2. The van der Waals surface area contributed by atoms with E-state index in [1.54, 1.807) is 0 Å². The predicted molar refractivity (Wildman–Crippen MR) is 111 cm³/mol. The summed E-state index contributed by atoms with van der Waals surface area (Å²) in [6.07, 6.45) is 0. The third-order valence-corrected chi connectivity index (χ3v) is 5.29. The molecular weight excluding hydrogens is 445 g/mol. The molecule has 0 saturated carbocycles. The van der Waals surface area contributed by atoms with Crippen LogP contribution in [0.15, 0.2) is 46.7 Å². The normalized spacial score (nSPS) is 19.4. The van der Waals surface area contributed by atoms with Crippen molar-refractivity contribution in [3.05, 3.63) is 47.2 Å². The second-order valence-electron chi connectivity index (χ2n) is 6.92. The minimum absolute atomic E-state index is 0.216. The second-order valence-corrected chi connectivity index (χ2v) is 7.32. The Morgan fingerprint density at radius 2 is 1.81 bits per heavy atom. The third kappa shape index (κ3) is 3.71. The van der Waals surface area contributed by atoms with E-state index in [0.717, 1.165) is 22.0 Å². The van der Waals surface area contributed by atoms with Crippen LogP contribution in [0.4, 0.5) is 15.8 Å². The van der Waals surface area contributed by atoms with Crippen LogP contribution in [0, 0.1) is 5.82 Å². The van der Waals surface area contributed by atoms with E-state index in [2.05, 4.69) is 15.7 Å². The molecule has 32 heavy (non-hydrogen) atoms. The minimum atomic E-state index is -1.08. The van der Waals surface area contributed by atoms with Gasteiger partial charge in [0.25, 0.3) is 11.8 Å². The molecule has 0 unspecified atom stereocenters. The Bertz CT molecular complexity index is 1130. The molecule has 1 saturated heterocycles. The molecular formula is C20H17ClFN5O5. The zero-order valence-corrected chi connectivity index (χ0v) is 17.7. The summed E-state index contributed by atoms with van der Waals surface area (Å²) in [6, 6.07) is 5.76. The molecule has 166 valence electrons. The smallest absolute Gasteiger partial charge is 0.263 e. The van der Waals surface area contributed by atoms with Crippen LogP contribution >= 0.6 is 11.6 Å². The summed E-state index contributed by atoms with van der Waals surface area (Å²) in [5.74, 6) is -1.55. The number of anilines is 2. The summed E-state index contributed by atoms with van der Waals surface area (Å²) in [6.45, 7) is -0.353. The van der Waals surface area contributed by atoms with Gasteiger partial charge in [-0.05, 0) is 30.3 Å². The highest BCUT2D eigenvalue weighted by Crippen LogP contribution is 2.36. The van der Waals surface area contributed by atoms with E-state index in [1.807, 2.05) is 0 Å². The zero-order chi connectivity index (χ0) is 23.0. The lowest BCUT2D eigenvalue weighted by Crippen LogP contribution is -2.43. The fraction of sp³-hybridized carbons (Fsp3) is 0.250. The number of nitrogens with one attached hydrogen (secondary N) is 1. The van der Waals surface area contributed by atoms with Crippen LogP contribution in [0.1, 0.15) is 0 Å². The van der Waals surface area contributed by atoms with Crippen LogP contribution in [0.3, 0.4) is 0 Å². The van der Waals surface area contributed by atoms with Crippen molar-refractivity contribution in [2.24, 2.45) is 10.3 Å². The van der Waals surface area contributed by atoms with E-state index in [9.17, 15) is 18.8 Å². The number of nitrogens with zero attached hydrogens (tertiary/aromatic N) is 4. The van der Waals surface area contributed by atoms with Crippen LogP contribution in [0.2, 0.25) is 5.02 Å². The van der Waals surface area contributed by atoms with Gasteiger partial charge >= 0.3 is 0 Å². The lowest BCUT2D eigenvalue weighted by molar-refractivity contribution is -0.123. The van der Waals surface area contributed by atoms with Crippen molar-refractivity contribution < 1.29 is 28.2 Å². The van der Waals surface area contributed by atoms with Crippen LogP contribution < -0.4 is 19.7 Å². The molecule has 2 atom stereocenters. The van der Waals surface area contributed by atoms with E-state index in [-0.39, 0.29) is 22.9 Å². The number of hydrogen-bond acceptors (Lipinski definition) is 8. The largest absolute Gasteiger partial charge is 0.495 e. The second kappa shape index (κ2) is 8.42. The van der Waals surface area contributed by atoms with Crippen molar-refractivity contribution in [2.75, 3.05) is 31.0 Å². The Morgan fingerprint density at radius 1 is 1.12 bits per heavy atom. The first-order valence-corrected chi connectivity index (χ1v) is 9.74. The van der Waals surface area contributed by atoms with Crippen LogP contribution in [0.25, 0.3) is 0 Å². The summed E-state index contributed by atoms with van der Waals surface area (Å²) in [5.41, 5.74) is 0.505. The van der Waals surface area contributed by atoms with Crippen molar-refractivity contribution in [1.82, 2.24) is 5.01 Å². The van der Waals surface area contributed by atoms with Gasteiger partial charge in [0.1, 0.15) is 23.9 Å². The number of imide groups is 1. The van der Waals surface area contributed by atoms with Gasteiger partial charge in [0, 0.05) is 6.07 Å². The van der Waals surface area contributed by atoms with Gasteiger partial charge in [-0.15, -0.1) is 0 Å². The molecule has 0 bridgehead atoms. The molecule has 10 nitrogen and oxygen atoms in total. The standard InChI is InChI=1S/C20H17ClFN5O5/c1-31-14-8-15(32-2)13(7-12(14)21)23-16(28)9-26-18-17(24-25-26)19(29)27(20(18)30)11-5-3-10(22)4-6-11/h3-8,17-18H,9H2,1-2H3,(H,23,28)/t17-,18+/m1/s1. The number of carbonyl (C=O) groups is 3. The zero-order valence-electron chi connectivity index (χ0n) is 16.9. The Morgan fingerprint density at radius 3 is 2.47 bits per heavy atom. The number of halogens is 2. The van der Waals surface area contributed by atoms with Gasteiger partial charge in [-0.3, -0.25) is 19.4 Å². The Hall–Kier alpha value is -3.73. The number of carbonyl (C=O) groups excluding carboxylic acids is 3. The molecule has 2 aromatic rings. The quantitative estimate of drug-likeness (QED) is 0.661. The molecule has 2 aromatic carbocycles. The maximum atomic E-state index is 13.2. The van der Waals surface area contributed by atoms with E-state index in [1.165, 1.54) is 38.5 Å². The molecule has 2 heterocycles. The van der Waals surface area contributed by atoms with Crippen LogP contribution in [-0.2, 0) is 14.4 Å². The highest BCUT2D eigenvalue weighted by Gasteiger charge is 2.55. The highest BCUT2D eigenvalue weighted by atomic mass is 35.5. The summed E-state index contributed by atoms with van der Waals surface area (Å²) >= 11 is 6.12. The first-order valence-electron chi connectivity index (χ1n) is 9.36. The molecule has 0 aromatic heterocycles. The minimum Gasteiger partial charge on any atom is -0.495 e. The monoisotopic (exact) mass is 461 g/mol. The number of methoxy groups -OCH3 is 2. The Labute approximate surface area is 186 Å². The molecule has 3 amide bonds. The van der Waals surface area contributed by atoms with Gasteiger partial charge < -0.3 is 14.8 Å². The van der Waals surface area contributed by atoms with Gasteiger partial charge in [0.05, 0.1) is 30.6 Å². The van der Waals surface area contributed by atoms with E-state index >= 15 is 0 Å². The molecule has 0 aliphatic carbocycles. The van der Waals surface area contributed by atoms with Gasteiger partial charge in [-0.2, -0.15) is 5.11 Å². The predicted octanol–water partition coefficient (Wildman–Crippen LogP) is 2.43. The topological polar surface area (TPSA) is 113 Å². The summed E-state index contributed by atoms with van der Waals surface area (Å²) in [5, 5.41) is 11.7. The van der Waals surface area contributed by atoms with Gasteiger partial charge in [-0.25, -0.2) is 9.29 Å². The van der Waals surface area contributed by atoms with Gasteiger partial charge in [-0.1, -0.05) is 16.8 Å². The average Bonchev–Trinajstić information content (AvgIpc) is 3.28. The number of amides is 3. The van der Waals surface area contributed by atoms with Gasteiger partial charge in [0.2, 0.25) is 5.91 Å². The molecule has 12 heteroatoms. The first kappa shape index (κ1) is 21.5. The lowest BCUT2D eigenvalue weighted by Gasteiger charge is -2.20. The van der Waals surface area contributed by atoms with Crippen molar-refractivity contribution >= 4 is 40.7 Å². The van der Waals surface area contributed by atoms with Crippen LogP contribution in [-0.4, -0.2) is 55.6 Å². The summed E-state index contributed by atoms with van der Waals surface area (Å²) in [7, 11) is 2.87. The number of rotatable bonds is 6. The van der Waals surface area contributed by atoms with Crippen molar-refractivity contribution in [1.29, 1.82) is 0 Å². The SMILES string of the molecule is COc1cc(OC)c(NC(=O)CN2N=N[C@H]3C(=O)N(c4ccc(F)cc4)C(=O)[C@H]32)cc1Cl. The molecule has 1 fully saturated rings. The molecule has 0 spiro atoms. The average molecular weight is 462 g/mol. The van der Waals surface area contributed by atoms with E-state index in [4.69, 9.17) is 21.1 Å². The molecule has 2 aliphatic heterocycles. The molecule has 2 aliphatic rings. The van der Waals surface area contributed by atoms with Crippen LogP contribution in [0.5, 0.6) is 11.5 Å².